The van der Waals surface area contributed by atoms with Crippen LogP contribution in [-0.4, -0.2) is 42.1 Å². The van der Waals surface area contributed by atoms with E-state index in [1.54, 1.807) is 13.8 Å². The van der Waals surface area contributed by atoms with E-state index in [9.17, 15) is 19.2 Å². The molecule has 0 heterocycles. The van der Waals surface area contributed by atoms with Gasteiger partial charge in [-0.25, -0.2) is 0 Å². The molecular weight excluding hydrogens is 298 g/mol. The van der Waals surface area contributed by atoms with Crippen molar-refractivity contribution < 1.29 is 19.2 Å². The molecule has 0 saturated heterocycles. The van der Waals surface area contributed by atoms with Crippen molar-refractivity contribution in [3.05, 3.63) is 0 Å². The summed E-state index contributed by atoms with van der Waals surface area (Å²) in [6.07, 6.45) is 1.23. The van der Waals surface area contributed by atoms with Gasteiger partial charge in [-0.15, -0.1) is 0 Å². The minimum Gasteiger partial charge on any atom is -0.345 e. The summed E-state index contributed by atoms with van der Waals surface area (Å²) in [4.78, 5) is 46.4. The number of amides is 3. The molecule has 0 aromatic heterocycles. The average Bonchev–Trinajstić information content (AvgIpc) is 2.42. The first-order valence-electron chi connectivity index (χ1n) is 7.91. The van der Waals surface area contributed by atoms with Crippen LogP contribution in [0.1, 0.15) is 48.0 Å². The lowest BCUT2D eigenvalue weighted by molar-refractivity contribution is -0.132. The monoisotopic (exact) mass is 327 g/mol. The molecule has 0 saturated carbocycles. The molecule has 7 nitrogen and oxygen atoms in total. The molecule has 0 aromatic carbocycles. The summed E-state index contributed by atoms with van der Waals surface area (Å²) in [5.41, 5.74) is 0. The minimum absolute atomic E-state index is 0.113. The Morgan fingerprint density at radius 3 is 1.87 bits per heavy atom. The Morgan fingerprint density at radius 1 is 0.913 bits per heavy atom. The van der Waals surface area contributed by atoms with Gasteiger partial charge >= 0.3 is 0 Å². The van der Waals surface area contributed by atoms with Crippen LogP contribution >= 0.6 is 0 Å². The highest BCUT2D eigenvalue weighted by Gasteiger charge is 2.26. The summed E-state index contributed by atoms with van der Waals surface area (Å²) < 4.78 is 0. The fourth-order valence-corrected chi connectivity index (χ4v) is 2.09. The third-order valence-electron chi connectivity index (χ3n) is 3.28. The molecule has 3 atom stereocenters. The number of nitrogens with one attached hydrogen (secondary N) is 3. The maximum atomic E-state index is 12.2. The van der Waals surface area contributed by atoms with Crippen LogP contribution in [0, 0.1) is 11.8 Å². The summed E-state index contributed by atoms with van der Waals surface area (Å²) in [6, 6.07) is -2.08. The van der Waals surface area contributed by atoms with Crippen molar-refractivity contribution in [3.8, 4) is 0 Å². The average molecular weight is 327 g/mol. The van der Waals surface area contributed by atoms with E-state index in [4.69, 9.17) is 0 Å². The van der Waals surface area contributed by atoms with E-state index in [1.807, 2.05) is 13.8 Å². The zero-order chi connectivity index (χ0) is 18.2. The van der Waals surface area contributed by atoms with Gasteiger partial charge in [-0.1, -0.05) is 27.7 Å². The SMILES string of the molecule is CC(=O)NC(C(=O)NC(C)C(=O)NC(C=O)CC(C)C)C(C)C. The standard InChI is InChI=1S/C16H29N3O4/c1-9(2)7-13(8-20)19-15(22)11(5)17-16(23)14(10(3)4)18-12(6)21/h8-11,13-14H,7H2,1-6H3,(H,17,23)(H,18,21)(H,19,22). The molecule has 132 valence electrons. The van der Waals surface area contributed by atoms with Gasteiger partial charge in [0.05, 0.1) is 6.04 Å². The van der Waals surface area contributed by atoms with Crippen molar-refractivity contribution in [1.82, 2.24) is 16.0 Å². The quantitative estimate of drug-likeness (QED) is 0.533. The molecule has 0 rings (SSSR count). The van der Waals surface area contributed by atoms with E-state index >= 15 is 0 Å². The van der Waals surface area contributed by atoms with Crippen LogP contribution in [-0.2, 0) is 19.2 Å². The molecule has 0 aliphatic heterocycles. The van der Waals surface area contributed by atoms with Gasteiger partial charge in [0.1, 0.15) is 18.4 Å². The number of hydrogen-bond donors (Lipinski definition) is 3. The lowest BCUT2D eigenvalue weighted by Gasteiger charge is -2.24. The number of carbonyl (C=O) groups is 4. The van der Waals surface area contributed by atoms with Crippen molar-refractivity contribution in [2.24, 2.45) is 11.8 Å². The van der Waals surface area contributed by atoms with Gasteiger partial charge < -0.3 is 20.7 Å². The first-order chi connectivity index (χ1) is 10.6. The van der Waals surface area contributed by atoms with Crippen LogP contribution < -0.4 is 16.0 Å². The molecule has 0 bridgehead atoms. The zero-order valence-electron chi connectivity index (χ0n) is 14.8. The van der Waals surface area contributed by atoms with Gasteiger partial charge in [0.15, 0.2) is 0 Å². The van der Waals surface area contributed by atoms with Gasteiger partial charge in [0, 0.05) is 6.92 Å². The second-order valence-corrected chi connectivity index (χ2v) is 6.53. The summed E-state index contributed by atoms with van der Waals surface area (Å²) in [5.74, 6) is -1.02. The maximum absolute atomic E-state index is 12.2. The van der Waals surface area contributed by atoms with Crippen molar-refractivity contribution in [2.75, 3.05) is 0 Å². The van der Waals surface area contributed by atoms with Crippen molar-refractivity contribution >= 4 is 24.0 Å². The molecule has 23 heavy (non-hydrogen) atoms. The molecule has 0 aromatic rings. The highest BCUT2D eigenvalue weighted by Crippen LogP contribution is 2.04. The van der Waals surface area contributed by atoms with Crippen LogP contribution in [0.25, 0.3) is 0 Å². The summed E-state index contributed by atoms with van der Waals surface area (Å²) in [6.45, 7) is 10.4. The van der Waals surface area contributed by atoms with Gasteiger partial charge in [-0.3, -0.25) is 14.4 Å². The lowest BCUT2D eigenvalue weighted by atomic mass is 10.0. The van der Waals surface area contributed by atoms with Crippen molar-refractivity contribution in [3.63, 3.8) is 0 Å². The molecule has 3 unspecified atom stereocenters. The summed E-state index contributed by atoms with van der Waals surface area (Å²) >= 11 is 0. The molecule has 0 radical (unpaired) electrons. The summed E-state index contributed by atoms with van der Waals surface area (Å²) in [5, 5.41) is 7.73. The molecule has 3 N–H and O–H groups in total. The molecule has 0 aliphatic rings. The first-order valence-corrected chi connectivity index (χ1v) is 7.91. The topological polar surface area (TPSA) is 104 Å². The number of rotatable bonds is 9. The van der Waals surface area contributed by atoms with Crippen LogP contribution in [0.4, 0.5) is 0 Å². The third kappa shape index (κ3) is 8.32. The fourth-order valence-electron chi connectivity index (χ4n) is 2.09. The summed E-state index contributed by atoms with van der Waals surface area (Å²) in [7, 11) is 0. The van der Waals surface area contributed by atoms with Gasteiger partial charge in [0.25, 0.3) is 0 Å². The van der Waals surface area contributed by atoms with E-state index in [0.717, 1.165) is 0 Å². The smallest absolute Gasteiger partial charge is 0.243 e. The number of aldehydes is 1. The number of carbonyl (C=O) groups excluding carboxylic acids is 4. The first kappa shape index (κ1) is 21.1. The Bertz CT molecular complexity index is 435. The van der Waals surface area contributed by atoms with E-state index in [0.29, 0.717) is 12.7 Å². The molecule has 0 spiro atoms. The van der Waals surface area contributed by atoms with Gasteiger partial charge in [-0.05, 0) is 25.2 Å². The second kappa shape index (κ2) is 9.97. The van der Waals surface area contributed by atoms with E-state index in [2.05, 4.69) is 16.0 Å². The van der Waals surface area contributed by atoms with Crippen LogP contribution in [0.3, 0.4) is 0 Å². The fraction of sp³-hybridized carbons (Fsp3) is 0.750. The minimum atomic E-state index is -0.799. The Morgan fingerprint density at radius 2 is 1.48 bits per heavy atom. The Labute approximate surface area is 138 Å². The Balaban J connectivity index is 4.67. The van der Waals surface area contributed by atoms with Crippen molar-refractivity contribution in [1.29, 1.82) is 0 Å². The largest absolute Gasteiger partial charge is 0.345 e. The van der Waals surface area contributed by atoms with Crippen LogP contribution in [0.5, 0.6) is 0 Å². The molecule has 0 aliphatic carbocycles. The number of hydrogen-bond acceptors (Lipinski definition) is 4. The normalized spacial score (nSPS) is 14.8. The van der Waals surface area contributed by atoms with E-state index < -0.39 is 29.9 Å². The molecule has 0 fully saturated rings. The lowest BCUT2D eigenvalue weighted by Crippen LogP contribution is -2.55. The predicted molar refractivity (Wildman–Crippen MR) is 87.5 cm³/mol. The van der Waals surface area contributed by atoms with Crippen LogP contribution in [0.15, 0.2) is 0 Å². The van der Waals surface area contributed by atoms with Crippen LogP contribution in [0.2, 0.25) is 0 Å². The molecule has 3 amide bonds. The Kier molecular flexibility index (Phi) is 9.14. The zero-order valence-corrected chi connectivity index (χ0v) is 14.8. The maximum Gasteiger partial charge on any atom is 0.243 e. The highest BCUT2D eigenvalue weighted by molar-refractivity contribution is 5.92. The molecule has 7 heteroatoms. The predicted octanol–water partition coefficient (Wildman–Crippen LogP) is 0.382. The van der Waals surface area contributed by atoms with E-state index in [-0.39, 0.29) is 17.7 Å². The second-order valence-electron chi connectivity index (χ2n) is 6.53. The van der Waals surface area contributed by atoms with Crippen molar-refractivity contribution in [2.45, 2.75) is 66.1 Å². The van der Waals surface area contributed by atoms with E-state index in [1.165, 1.54) is 13.8 Å². The van der Waals surface area contributed by atoms with Gasteiger partial charge in [-0.2, -0.15) is 0 Å². The third-order valence-corrected chi connectivity index (χ3v) is 3.28. The van der Waals surface area contributed by atoms with Gasteiger partial charge in [0.2, 0.25) is 17.7 Å². The Hall–Kier alpha value is -1.92. The highest BCUT2D eigenvalue weighted by atomic mass is 16.2. The molecular formula is C16H29N3O4.